The molecule has 0 radical (unpaired) electrons. The summed E-state index contributed by atoms with van der Waals surface area (Å²) in [7, 11) is 2.74. The van der Waals surface area contributed by atoms with Gasteiger partial charge in [0.2, 0.25) is 11.8 Å². The fraction of sp³-hybridized carbons (Fsp3) is 0.280. The lowest BCUT2D eigenvalue weighted by atomic mass is 9.81. The summed E-state index contributed by atoms with van der Waals surface area (Å²) in [6.45, 7) is 2.52. The van der Waals surface area contributed by atoms with Crippen LogP contribution >= 0.6 is 11.6 Å². The van der Waals surface area contributed by atoms with Crippen molar-refractivity contribution in [2.75, 3.05) is 19.1 Å². The fourth-order valence-corrected chi connectivity index (χ4v) is 3.91. The van der Waals surface area contributed by atoms with E-state index in [1.807, 2.05) is 0 Å². The van der Waals surface area contributed by atoms with E-state index < -0.39 is 40.4 Å². The zero-order valence-electron chi connectivity index (χ0n) is 19.6. The molecule has 0 fully saturated rings. The smallest absolute Gasteiger partial charge is 0.416 e. The first-order valence-corrected chi connectivity index (χ1v) is 10.8. The molecular formula is C25H21ClF6N2O2. The third-order valence-electron chi connectivity index (χ3n) is 5.74. The number of carbonyl (C=O) groups is 1. The molecular weight excluding hydrogens is 510 g/mol. The number of nitrogens with zero attached hydrogens (tertiary/aromatic N) is 2. The van der Waals surface area contributed by atoms with Crippen LogP contribution in [0.25, 0.3) is 11.1 Å². The van der Waals surface area contributed by atoms with Crippen LogP contribution in [0.2, 0.25) is 5.02 Å². The van der Waals surface area contributed by atoms with Gasteiger partial charge >= 0.3 is 12.4 Å². The molecule has 1 aromatic heterocycles. The highest BCUT2D eigenvalue weighted by Gasteiger charge is 2.41. The number of methoxy groups -OCH3 is 1. The highest BCUT2D eigenvalue weighted by atomic mass is 35.5. The van der Waals surface area contributed by atoms with Crippen molar-refractivity contribution < 1.29 is 35.9 Å². The molecule has 192 valence electrons. The Bertz CT molecular complexity index is 1260. The van der Waals surface area contributed by atoms with E-state index in [1.54, 1.807) is 24.3 Å². The van der Waals surface area contributed by atoms with E-state index in [2.05, 4.69) is 4.98 Å². The lowest BCUT2D eigenvalue weighted by Crippen LogP contribution is -2.42. The molecule has 0 spiro atoms. The fourth-order valence-electron chi connectivity index (χ4n) is 3.67. The summed E-state index contributed by atoms with van der Waals surface area (Å²) in [6, 6.07) is 9.40. The lowest BCUT2D eigenvalue weighted by Gasteiger charge is -2.32. The van der Waals surface area contributed by atoms with Crippen LogP contribution in [0, 0.1) is 0 Å². The Labute approximate surface area is 208 Å². The van der Waals surface area contributed by atoms with Crippen LogP contribution in [0.15, 0.2) is 54.7 Å². The highest BCUT2D eigenvalue weighted by Crippen LogP contribution is 2.41. The van der Waals surface area contributed by atoms with Crippen molar-refractivity contribution >= 4 is 23.2 Å². The predicted molar refractivity (Wildman–Crippen MR) is 124 cm³/mol. The zero-order chi connectivity index (χ0) is 27.1. The van der Waals surface area contributed by atoms with Gasteiger partial charge in [0.05, 0.1) is 35.5 Å². The number of carbonyl (C=O) groups excluding carboxylic acids is 1. The number of likely N-dealkylation sites (N-methyl/N-ethyl adjacent to an activating group) is 1. The first kappa shape index (κ1) is 27.3. The van der Waals surface area contributed by atoms with Gasteiger partial charge in [0.1, 0.15) is 0 Å². The van der Waals surface area contributed by atoms with Gasteiger partial charge in [-0.05, 0) is 43.7 Å². The normalized spacial score (nSPS) is 12.4. The van der Waals surface area contributed by atoms with Crippen LogP contribution in [0.4, 0.5) is 32.0 Å². The molecule has 0 unspecified atom stereocenters. The Morgan fingerprint density at radius 2 is 1.42 bits per heavy atom. The van der Waals surface area contributed by atoms with Gasteiger partial charge in [-0.2, -0.15) is 26.3 Å². The van der Waals surface area contributed by atoms with E-state index in [-0.39, 0.29) is 17.6 Å². The number of hydrogen-bond acceptors (Lipinski definition) is 3. The maximum atomic E-state index is 13.6. The van der Waals surface area contributed by atoms with Crippen molar-refractivity contribution in [2.45, 2.75) is 31.6 Å². The van der Waals surface area contributed by atoms with Crippen LogP contribution in [0.1, 0.15) is 30.5 Å². The molecule has 1 heterocycles. The first-order chi connectivity index (χ1) is 16.6. The molecule has 0 N–H and O–H groups in total. The van der Waals surface area contributed by atoms with Crippen LogP contribution in [-0.2, 0) is 22.6 Å². The summed E-state index contributed by atoms with van der Waals surface area (Å²) in [5.74, 6) is -0.559. The second-order valence-corrected chi connectivity index (χ2v) is 8.91. The molecule has 36 heavy (non-hydrogen) atoms. The Balaban J connectivity index is 2.14. The van der Waals surface area contributed by atoms with Gasteiger partial charge in [0.15, 0.2) is 0 Å². The summed E-state index contributed by atoms with van der Waals surface area (Å²) >= 11 is 6.34. The number of hydrogen-bond donors (Lipinski definition) is 0. The third kappa shape index (κ3) is 5.43. The minimum atomic E-state index is -5.04. The molecule has 11 heteroatoms. The van der Waals surface area contributed by atoms with E-state index in [4.69, 9.17) is 16.3 Å². The molecule has 0 aliphatic carbocycles. The molecule has 3 rings (SSSR count). The number of anilines is 1. The second-order valence-electron chi connectivity index (χ2n) is 8.51. The quantitative estimate of drug-likeness (QED) is 0.323. The van der Waals surface area contributed by atoms with Crippen molar-refractivity contribution in [3.63, 3.8) is 0 Å². The van der Waals surface area contributed by atoms with Crippen LogP contribution in [0.3, 0.4) is 0 Å². The monoisotopic (exact) mass is 530 g/mol. The average Bonchev–Trinajstić information content (AvgIpc) is 2.81. The number of aromatic nitrogens is 1. The molecule has 0 saturated carbocycles. The van der Waals surface area contributed by atoms with Gasteiger partial charge in [-0.3, -0.25) is 4.79 Å². The summed E-state index contributed by atoms with van der Waals surface area (Å²) in [4.78, 5) is 18.8. The van der Waals surface area contributed by atoms with Crippen molar-refractivity contribution in [3.8, 4) is 17.0 Å². The number of pyridine rings is 1. The zero-order valence-corrected chi connectivity index (χ0v) is 20.3. The van der Waals surface area contributed by atoms with E-state index >= 15 is 0 Å². The maximum Gasteiger partial charge on any atom is 0.416 e. The minimum absolute atomic E-state index is 0.0245. The molecule has 0 atom stereocenters. The summed E-state index contributed by atoms with van der Waals surface area (Å²) < 4.78 is 85.6. The van der Waals surface area contributed by atoms with Crippen molar-refractivity contribution in [2.24, 2.45) is 0 Å². The van der Waals surface area contributed by atoms with E-state index in [9.17, 15) is 31.1 Å². The Morgan fingerprint density at radius 1 is 0.889 bits per heavy atom. The molecule has 0 saturated heterocycles. The highest BCUT2D eigenvalue weighted by molar-refractivity contribution is 6.33. The lowest BCUT2D eigenvalue weighted by molar-refractivity contribution is -0.143. The summed E-state index contributed by atoms with van der Waals surface area (Å²) in [6.07, 6.45) is -8.77. The number of halogens is 7. The number of alkyl halides is 6. The predicted octanol–water partition coefficient (Wildman–Crippen LogP) is 7.39. The summed E-state index contributed by atoms with van der Waals surface area (Å²) in [5, 5.41) is 0.347. The van der Waals surface area contributed by atoms with Crippen molar-refractivity contribution in [3.05, 3.63) is 76.4 Å². The Morgan fingerprint density at radius 3 is 1.92 bits per heavy atom. The van der Waals surface area contributed by atoms with Gasteiger partial charge in [-0.1, -0.05) is 29.8 Å². The van der Waals surface area contributed by atoms with E-state index in [1.165, 1.54) is 40.3 Å². The standard InChI is InChI=1S/C25H21ClF6N2O2/c1-23(2,14-9-15(24(27,28)29)11-16(10-14)25(30,31)32)22(35)34(3)20-13-33-21(36-4)12-18(20)17-7-5-6-8-19(17)26/h5-13H,1-4H3. The second kappa shape index (κ2) is 9.65. The Kier molecular flexibility index (Phi) is 7.32. The van der Waals surface area contributed by atoms with E-state index in [0.717, 1.165) is 4.90 Å². The molecule has 0 aliphatic rings. The third-order valence-corrected chi connectivity index (χ3v) is 6.07. The van der Waals surface area contributed by atoms with Gasteiger partial charge in [-0.25, -0.2) is 4.98 Å². The maximum absolute atomic E-state index is 13.6. The Hall–Kier alpha value is -3.27. The summed E-state index contributed by atoms with van der Waals surface area (Å²) in [5.41, 5.74) is -4.05. The molecule has 3 aromatic rings. The van der Waals surface area contributed by atoms with Crippen molar-refractivity contribution in [1.82, 2.24) is 4.98 Å². The van der Waals surface area contributed by atoms with Crippen molar-refractivity contribution in [1.29, 1.82) is 0 Å². The molecule has 1 amide bonds. The molecule has 0 bridgehead atoms. The van der Waals surface area contributed by atoms with Gasteiger partial charge in [-0.15, -0.1) is 0 Å². The van der Waals surface area contributed by atoms with Gasteiger partial charge in [0, 0.05) is 29.3 Å². The first-order valence-electron chi connectivity index (χ1n) is 10.4. The number of rotatable bonds is 5. The van der Waals surface area contributed by atoms with Gasteiger partial charge < -0.3 is 9.64 Å². The number of ether oxygens (including phenoxy) is 1. The van der Waals surface area contributed by atoms with Gasteiger partial charge in [0.25, 0.3) is 0 Å². The SMILES string of the molecule is COc1cc(-c2ccccc2Cl)c(N(C)C(=O)C(C)(C)c2cc(C(F)(F)F)cc(C(F)(F)F)c2)cn1. The number of benzene rings is 2. The van der Waals surface area contributed by atoms with Crippen LogP contribution in [-0.4, -0.2) is 25.0 Å². The average molecular weight is 531 g/mol. The van der Waals surface area contributed by atoms with Crippen LogP contribution in [0.5, 0.6) is 5.88 Å². The van der Waals surface area contributed by atoms with Crippen LogP contribution < -0.4 is 9.64 Å². The van der Waals surface area contributed by atoms with E-state index in [0.29, 0.717) is 28.3 Å². The number of amides is 1. The molecule has 0 aliphatic heterocycles. The molecule has 4 nitrogen and oxygen atoms in total. The minimum Gasteiger partial charge on any atom is -0.481 e. The topological polar surface area (TPSA) is 42.4 Å². The largest absolute Gasteiger partial charge is 0.481 e. The molecule has 2 aromatic carbocycles.